The Bertz CT molecular complexity index is 1090. The van der Waals surface area contributed by atoms with Crippen molar-refractivity contribution in [1.29, 1.82) is 0 Å². The van der Waals surface area contributed by atoms with Crippen molar-refractivity contribution in [3.8, 4) is 0 Å². The van der Waals surface area contributed by atoms with Crippen LogP contribution in [0.4, 0.5) is 10.1 Å². The Morgan fingerprint density at radius 2 is 1.96 bits per heavy atom. The quantitative estimate of drug-likeness (QED) is 0.525. The van der Waals surface area contributed by atoms with Gasteiger partial charge in [0.1, 0.15) is 10.7 Å². The molecule has 1 N–H and O–H groups in total. The molecule has 1 amide bonds. The normalized spacial score (nSPS) is 11.0. The Morgan fingerprint density at radius 1 is 1.19 bits per heavy atom. The van der Waals surface area contributed by atoms with E-state index in [1.165, 1.54) is 23.5 Å². The van der Waals surface area contributed by atoms with E-state index in [1.807, 2.05) is 24.3 Å². The number of rotatable bonds is 4. The Balaban J connectivity index is 1.50. The molecule has 2 heterocycles. The minimum atomic E-state index is -0.276. The fourth-order valence-corrected chi connectivity index (χ4v) is 4.05. The van der Waals surface area contributed by atoms with Gasteiger partial charge in [-0.25, -0.2) is 4.39 Å². The highest BCUT2D eigenvalue weighted by Gasteiger charge is 2.17. The summed E-state index contributed by atoms with van der Waals surface area (Å²) in [5.41, 5.74) is 1.49. The van der Waals surface area contributed by atoms with Crippen LogP contribution in [0.2, 0.25) is 5.02 Å². The van der Waals surface area contributed by atoms with Crippen LogP contribution in [0.1, 0.15) is 15.2 Å². The van der Waals surface area contributed by atoms with Crippen LogP contribution in [0.25, 0.3) is 10.1 Å². The lowest BCUT2D eigenvalue weighted by atomic mass is 10.2. The lowest BCUT2D eigenvalue weighted by molar-refractivity contribution is 0.103. The first-order chi connectivity index (χ1) is 12.6. The van der Waals surface area contributed by atoms with E-state index >= 15 is 0 Å². The van der Waals surface area contributed by atoms with Crippen LogP contribution in [-0.2, 0) is 6.54 Å². The Kier molecular flexibility index (Phi) is 4.44. The summed E-state index contributed by atoms with van der Waals surface area (Å²) in [7, 11) is 0. The largest absolute Gasteiger partial charge is 0.319 e. The van der Waals surface area contributed by atoms with Crippen molar-refractivity contribution in [3.05, 3.63) is 82.2 Å². The van der Waals surface area contributed by atoms with Crippen LogP contribution in [0.3, 0.4) is 0 Å². The summed E-state index contributed by atoms with van der Waals surface area (Å²) < 4.78 is 15.6. The van der Waals surface area contributed by atoms with Crippen molar-refractivity contribution in [1.82, 2.24) is 9.78 Å². The minimum Gasteiger partial charge on any atom is -0.319 e. The van der Waals surface area contributed by atoms with Gasteiger partial charge in [0.15, 0.2) is 0 Å². The Hall–Kier alpha value is -2.70. The molecule has 4 aromatic rings. The van der Waals surface area contributed by atoms with Gasteiger partial charge in [0, 0.05) is 16.3 Å². The van der Waals surface area contributed by atoms with Crippen molar-refractivity contribution >= 4 is 44.6 Å². The van der Waals surface area contributed by atoms with Gasteiger partial charge in [-0.2, -0.15) is 5.10 Å². The molecule has 26 heavy (non-hydrogen) atoms. The lowest BCUT2D eigenvalue weighted by Crippen LogP contribution is -2.10. The molecule has 0 unspecified atom stereocenters. The molecule has 0 aliphatic carbocycles. The number of hydrogen-bond acceptors (Lipinski definition) is 3. The van der Waals surface area contributed by atoms with E-state index in [9.17, 15) is 9.18 Å². The van der Waals surface area contributed by atoms with Gasteiger partial charge in [-0.1, -0.05) is 41.9 Å². The number of nitrogens with one attached hydrogen (secondary N) is 1. The second-order valence-electron chi connectivity index (χ2n) is 5.75. The monoisotopic (exact) mass is 385 g/mol. The van der Waals surface area contributed by atoms with Gasteiger partial charge in [0.25, 0.3) is 5.91 Å². The van der Waals surface area contributed by atoms with E-state index in [1.54, 1.807) is 29.2 Å². The van der Waals surface area contributed by atoms with E-state index in [0.717, 1.165) is 15.6 Å². The van der Waals surface area contributed by atoms with Gasteiger partial charge in [0.2, 0.25) is 0 Å². The number of thiophene rings is 1. The van der Waals surface area contributed by atoms with Crippen LogP contribution in [-0.4, -0.2) is 15.7 Å². The molecule has 4 rings (SSSR count). The molecule has 0 saturated heterocycles. The zero-order valence-corrected chi connectivity index (χ0v) is 15.0. The van der Waals surface area contributed by atoms with Crippen LogP contribution in [0.15, 0.2) is 60.9 Å². The Labute approximate surface area is 157 Å². The number of carbonyl (C=O) groups is 1. The summed E-state index contributed by atoms with van der Waals surface area (Å²) in [6.45, 7) is 0.486. The first-order valence-corrected chi connectivity index (χ1v) is 9.05. The number of benzene rings is 2. The van der Waals surface area contributed by atoms with Crippen LogP contribution in [0.5, 0.6) is 0 Å². The molecule has 0 atom stereocenters. The fourth-order valence-electron chi connectivity index (χ4n) is 2.64. The molecule has 0 aliphatic rings. The summed E-state index contributed by atoms with van der Waals surface area (Å²) >= 11 is 7.70. The summed E-state index contributed by atoms with van der Waals surface area (Å²) in [5.74, 6) is -0.542. The first-order valence-electron chi connectivity index (χ1n) is 7.85. The molecular weight excluding hydrogens is 373 g/mol. The fraction of sp³-hybridized carbons (Fsp3) is 0.0526. The van der Waals surface area contributed by atoms with Crippen molar-refractivity contribution in [2.75, 3.05) is 5.32 Å². The van der Waals surface area contributed by atoms with Gasteiger partial charge in [-0.05, 0) is 23.8 Å². The topological polar surface area (TPSA) is 46.9 Å². The van der Waals surface area contributed by atoms with Crippen LogP contribution < -0.4 is 5.32 Å². The molecule has 0 bridgehead atoms. The zero-order chi connectivity index (χ0) is 18.1. The van der Waals surface area contributed by atoms with E-state index in [0.29, 0.717) is 22.1 Å². The molecule has 2 aromatic heterocycles. The molecular formula is C19H13ClFN3OS. The molecule has 130 valence electrons. The summed E-state index contributed by atoms with van der Waals surface area (Å²) in [5, 5.41) is 8.38. The van der Waals surface area contributed by atoms with Crippen molar-refractivity contribution in [3.63, 3.8) is 0 Å². The number of carbonyl (C=O) groups excluding carboxylic acids is 1. The maximum atomic E-state index is 13.0. The average Bonchev–Trinajstić information content (AvgIpc) is 3.22. The molecule has 0 radical (unpaired) electrons. The molecule has 0 saturated carbocycles. The first kappa shape index (κ1) is 16.8. The smallest absolute Gasteiger partial charge is 0.267 e. The van der Waals surface area contributed by atoms with Crippen molar-refractivity contribution < 1.29 is 9.18 Å². The lowest BCUT2D eigenvalue weighted by Gasteiger charge is -2.02. The number of fused-ring (bicyclic) bond motifs is 1. The van der Waals surface area contributed by atoms with Gasteiger partial charge in [-0.15, -0.1) is 11.3 Å². The third-order valence-electron chi connectivity index (χ3n) is 3.89. The van der Waals surface area contributed by atoms with Crippen LogP contribution in [0, 0.1) is 5.82 Å². The van der Waals surface area contributed by atoms with Gasteiger partial charge >= 0.3 is 0 Å². The van der Waals surface area contributed by atoms with Crippen LogP contribution >= 0.6 is 22.9 Å². The van der Waals surface area contributed by atoms with Crippen molar-refractivity contribution in [2.45, 2.75) is 6.54 Å². The molecule has 0 aliphatic heterocycles. The molecule has 0 spiro atoms. The third kappa shape index (κ3) is 3.34. The highest BCUT2D eigenvalue weighted by Crippen LogP contribution is 2.35. The number of halogens is 2. The number of nitrogens with zero attached hydrogens (tertiary/aromatic N) is 2. The standard InChI is InChI=1S/C19H13ClFN3OS/c20-17-15-3-1-2-4-16(15)26-18(17)19(25)23-14-9-22-24(11-14)10-12-5-7-13(21)8-6-12/h1-9,11H,10H2,(H,23,25). The molecule has 4 nitrogen and oxygen atoms in total. The minimum absolute atomic E-state index is 0.266. The molecule has 2 aromatic carbocycles. The summed E-state index contributed by atoms with van der Waals surface area (Å²) in [6, 6.07) is 13.8. The third-order valence-corrected chi connectivity index (χ3v) is 5.56. The van der Waals surface area contributed by atoms with Gasteiger partial charge < -0.3 is 5.32 Å². The Morgan fingerprint density at radius 3 is 2.73 bits per heavy atom. The van der Waals surface area contributed by atoms with Gasteiger partial charge in [-0.3, -0.25) is 9.48 Å². The zero-order valence-electron chi connectivity index (χ0n) is 13.4. The second-order valence-corrected chi connectivity index (χ2v) is 7.18. The van der Waals surface area contributed by atoms with Crippen molar-refractivity contribution in [2.24, 2.45) is 0 Å². The molecule has 0 fully saturated rings. The SMILES string of the molecule is O=C(Nc1cnn(Cc2ccc(F)cc2)c1)c1sc2ccccc2c1Cl. The number of aromatic nitrogens is 2. The highest BCUT2D eigenvalue weighted by molar-refractivity contribution is 7.21. The van der Waals surface area contributed by atoms with E-state index < -0.39 is 0 Å². The predicted octanol–water partition coefficient (Wildman–Crippen LogP) is 5.19. The summed E-state index contributed by atoms with van der Waals surface area (Å²) in [6.07, 6.45) is 3.30. The van der Waals surface area contributed by atoms with Gasteiger partial charge in [0.05, 0.1) is 23.5 Å². The maximum absolute atomic E-state index is 13.0. The average molecular weight is 386 g/mol. The van der Waals surface area contributed by atoms with E-state index in [2.05, 4.69) is 10.4 Å². The summed E-state index contributed by atoms with van der Waals surface area (Å²) in [4.78, 5) is 13.0. The molecule has 7 heteroatoms. The number of hydrogen-bond donors (Lipinski definition) is 1. The maximum Gasteiger partial charge on any atom is 0.267 e. The van der Waals surface area contributed by atoms with E-state index in [-0.39, 0.29) is 11.7 Å². The highest BCUT2D eigenvalue weighted by atomic mass is 35.5. The number of anilines is 1. The predicted molar refractivity (Wildman–Crippen MR) is 103 cm³/mol. The number of amides is 1. The second kappa shape index (κ2) is 6.90. The van der Waals surface area contributed by atoms with E-state index in [4.69, 9.17) is 11.6 Å².